The van der Waals surface area contributed by atoms with Gasteiger partial charge in [-0.1, -0.05) is 25.7 Å². The second-order valence-electron chi connectivity index (χ2n) is 4.99. The van der Waals surface area contributed by atoms with Crippen LogP contribution in [0.25, 0.3) is 0 Å². The topological polar surface area (TPSA) is 54.4 Å². The lowest BCUT2D eigenvalue weighted by Crippen LogP contribution is -2.40. The first-order chi connectivity index (χ1) is 6.19. The van der Waals surface area contributed by atoms with Gasteiger partial charge in [-0.3, -0.25) is 4.55 Å². The average molecular weight is 214 g/mol. The molecule has 2 rings (SSSR count). The third-order valence-corrected chi connectivity index (χ3v) is 5.55. The van der Waals surface area contributed by atoms with Gasteiger partial charge in [-0.05, 0) is 18.8 Å². The van der Waals surface area contributed by atoms with Crippen LogP contribution < -0.4 is 0 Å². The van der Waals surface area contributed by atoms with Crippen molar-refractivity contribution in [1.29, 1.82) is 0 Å². The lowest BCUT2D eigenvalue weighted by molar-refractivity contribution is 0.187. The highest BCUT2D eigenvalue weighted by Gasteiger charge is 2.63. The Morgan fingerprint density at radius 2 is 1.93 bits per heavy atom. The van der Waals surface area contributed by atoms with Crippen LogP contribution in [0, 0.1) is 28.6 Å². The number of hydrogen-bond donors (Lipinski definition) is 1. The normalized spacial score (nSPS) is 43.4. The molecule has 78 valence electrons. The Morgan fingerprint density at radius 3 is 2.14 bits per heavy atom. The molecule has 2 bridgehead atoms. The minimum absolute atomic E-state index is 0.0967. The molecule has 1 fully saturated rings. The predicted molar refractivity (Wildman–Crippen MR) is 53.1 cm³/mol. The first-order valence-corrected chi connectivity index (χ1v) is 6.19. The summed E-state index contributed by atoms with van der Waals surface area (Å²) in [4.78, 5) is 0. The molecule has 0 amide bonds. The van der Waals surface area contributed by atoms with Crippen LogP contribution >= 0.6 is 0 Å². The van der Waals surface area contributed by atoms with E-state index in [9.17, 15) is 8.42 Å². The van der Waals surface area contributed by atoms with Crippen molar-refractivity contribution < 1.29 is 13.0 Å². The fourth-order valence-corrected chi connectivity index (χ4v) is 4.05. The minimum Gasteiger partial charge on any atom is -0.285 e. The summed E-state index contributed by atoms with van der Waals surface area (Å²) in [6.45, 7) is 5.86. The second kappa shape index (κ2) is 2.34. The van der Waals surface area contributed by atoms with Gasteiger partial charge in [0.05, 0.1) is 5.41 Å². The molecule has 0 spiro atoms. The Kier molecular flexibility index (Phi) is 1.67. The zero-order valence-corrected chi connectivity index (χ0v) is 9.35. The number of hydrogen-bond acceptors (Lipinski definition) is 2. The van der Waals surface area contributed by atoms with Crippen LogP contribution in [0.1, 0.15) is 27.2 Å². The number of fused-ring (bicyclic) bond motifs is 2. The van der Waals surface area contributed by atoms with Gasteiger partial charge in [-0.2, -0.15) is 8.42 Å². The highest BCUT2D eigenvalue weighted by atomic mass is 32.2. The molecule has 3 unspecified atom stereocenters. The Morgan fingerprint density at radius 1 is 1.36 bits per heavy atom. The first kappa shape index (κ1) is 10.0. The molecule has 0 aromatic rings. The van der Waals surface area contributed by atoms with Crippen LogP contribution in [0.5, 0.6) is 0 Å². The van der Waals surface area contributed by atoms with Crippen molar-refractivity contribution in [2.75, 3.05) is 0 Å². The van der Waals surface area contributed by atoms with E-state index in [-0.39, 0.29) is 11.3 Å². The van der Waals surface area contributed by atoms with Gasteiger partial charge < -0.3 is 0 Å². The fraction of sp³-hybridized carbons (Fsp3) is 0.800. The van der Waals surface area contributed by atoms with Gasteiger partial charge in [0.2, 0.25) is 0 Å². The lowest BCUT2D eigenvalue weighted by Gasteiger charge is -2.34. The van der Waals surface area contributed by atoms with E-state index in [2.05, 4.69) is 11.8 Å². The highest BCUT2D eigenvalue weighted by molar-refractivity contribution is 7.86. The smallest absolute Gasteiger partial charge is 0.269 e. The molecule has 3 nitrogen and oxygen atoms in total. The molecule has 4 heteroatoms. The summed E-state index contributed by atoms with van der Waals surface area (Å²) in [7, 11) is -3.97. The monoisotopic (exact) mass is 214 g/mol. The summed E-state index contributed by atoms with van der Waals surface area (Å²) >= 11 is 0. The Bertz CT molecular complexity index is 438. The van der Waals surface area contributed by atoms with Crippen molar-refractivity contribution in [3.63, 3.8) is 0 Å². The van der Waals surface area contributed by atoms with Crippen molar-refractivity contribution in [2.45, 2.75) is 32.4 Å². The van der Waals surface area contributed by atoms with E-state index in [0.717, 1.165) is 0 Å². The van der Waals surface area contributed by atoms with Crippen LogP contribution in [0.2, 0.25) is 0 Å². The third-order valence-electron chi connectivity index (χ3n) is 4.17. The minimum atomic E-state index is -3.97. The SMILES string of the molecule is CC1(C)C2C#CC1(C)C(S(=O)(=O)O)C2. The molecule has 0 aliphatic heterocycles. The fourth-order valence-electron chi connectivity index (χ4n) is 2.66. The van der Waals surface area contributed by atoms with Gasteiger partial charge in [0.25, 0.3) is 10.1 Å². The summed E-state index contributed by atoms with van der Waals surface area (Å²) in [5, 5.41) is -0.712. The van der Waals surface area contributed by atoms with Gasteiger partial charge in [0.1, 0.15) is 5.25 Å². The van der Waals surface area contributed by atoms with Gasteiger partial charge in [-0.15, -0.1) is 0 Å². The van der Waals surface area contributed by atoms with E-state index in [1.807, 2.05) is 20.8 Å². The zero-order valence-electron chi connectivity index (χ0n) is 8.53. The van der Waals surface area contributed by atoms with Crippen LogP contribution in [-0.2, 0) is 10.1 Å². The molecule has 14 heavy (non-hydrogen) atoms. The summed E-state index contributed by atoms with van der Waals surface area (Å²) in [6, 6.07) is 0. The Hall–Kier alpha value is -0.530. The summed E-state index contributed by atoms with van der Waals surface area (Å²) in [5.41, 5.74) is -0.765. The molecule has 2 aliphatic carbocycles. The van der Waals surface area contributed by atoms with Crippen molar-refractivity contribution in [3.05, 3.63) is 0 Å². The van der Waals surface area contributed by atoms with E-state index in [0.29, 0.717) is 6.42 Å². The van der Waals surface area contributed by atoms with Crippen molar-refractivity contribution in [1.82, 2.24) is 0 Å². The maximum Gasteiger partial charge on any atom is 0.269 e. The lowest BCUT2D eigenvalue weighted by atomic mass is 9.70. The van der Waals surface area contributed by atoms with E-state index < -0.39 is 20.8 Å². The van der Waals surface area contributed by atoms with Gasteiger partial charge in [0.15, 0.2) is 0 Å². The van der Waals surface area contributed by atoms with E-state index in [1.54, 1.807) is 0 Å². The van der Waals surface area contributed by atoms with Crippen molar-refractivity contribution in [2.24, 2.45) is 16.7 Å². The largest absolute Gasteiger partial charge is 0.285 e. The predicted octanol–water partition coefficient (Wildman–Crippen LogP) is 1.31. The molecule has 0 aromatic heterocycles. The summed E-state index contributed by atoms with van der Waals surface area (Å²) in [5.74, 6) is 6.15. The highest BCUT2D eigenvalue weighted by Crippen LogP contribution is 2.60. The molecule has 0 heterocycles. The molecular formula is C10H14O3S. The first-order valence-electron chi connectivity index (χ1n) is 4.68. The van der Waals surface area contributed by atoms with Crippen LogP contribution in [0.3, 0.4) is 0 Å². The maximum absolute atomic E-state index is 11.2. The van der Waals surface area contributed by atoms with E-state index >= 15 is 0 Å². The van der Waals surface area contributed by atoms with E-state index in [4.69, 9.17) is 4.55 Å². The third kappa shape index (κ3) is 0.945. The van der Waals surface area contributed by atoms with Gasteiger partial charge >= 0.3 is 0 Å². The molecule has 1 N–H and O–H groups in total. The molecular weight excluding hydrogens is 200 g/mol. The molecule has 0 radical (unpaired) electrons. The van der Waals surface area contributed by atoms with Crippen molar-refractivity contribution >= 4 is 10.1 Å². The molecule has 2 aliphatic rings. The molecule has 0 aromatic carbocycles. The molecule has 1 saturated carbocycles. The van der Waals surface area contributed by atoms with Crippen LogP contribution in [0.4, 0.5) is 0 Å². The summed E-state index contributed by atoms with van der Waals surface area (Å²) < 4.78 is 31.5. The van der Waals surface area contributed by atoms with Crippen molar-refractivity contribution in [3.8, 4) is 11.8 Å². The second-order valence-corrected chi connectivity index (χ2v) is 6.58. The van der Waals surface area contributed by atoms with E-state index in [1.165, 1.54) is 0 Å². The molecule has 0 saturated heterocycles. The molecule has 3 atom stereocenters. The van der Waals surface area contributed by atoms with Gasteiger partial charge in [0, 0.05) is 5.92 Å². The Balaban J connectivity index is 2.54. The standard InChI is InChI=1S/C10H14O3S/c1-9(2)7-4-5-10(9,3)8(6-7)14(11,12)13/h7-8H,6H2,1-3H3,(H,11,12,13). The van der Waals surface area contributed by atoms with Crippen LogP contribution in [0.15, 0.2) is 0 Å². The Labute approximate surface area is 84.6 Å². The van der Waals surface area contributed by atoms with Crippen LogP contribution in [-0.4, -0.2) is 18.2 Å². The quantitative estimate of drug-likeness (QED) is 0.529. The average Bonchev–Trinajstić information content (AvgIpc) is 2.32. The maximum atomic E-state index is 11.2. The number of rotatable bonds is 1. The summed E-state index contributed by atoms with van der Waals surface area (Å²) in [6.07, 6.45) is 0.468. The zero-order chi connectivity index (χ0) is 10.8. The van der Waals surface area contributed by atoms with Gasteiger partial charge in [-0.25, -0.2) is 0 Å².